The van der Waals surface area contributed by atoms with Crippen molar-refractivity contribution in [1.82, 2.24) is 5.32 Å². The van der Waals surface area contributed by atoms with E-state index in [1.54, 1.807) is 25.1 Å². The van der Waals surface area contributed by atoms with Crippen molar-refractivity contribution in [1.29, 1.82) is 0 Å². The molecule has 4 nitrogen and oxygen atoms in total. The Kier molecular flexibility index (Phi) is 3.69. The normalized spacial score (nSPS) is 26.9. The van der Waals surface area contributed by atoms with Crippen LogP contribution in [0.5, 0.6) is 11.5 Å². The van der Waals surface area contributed by atoms with Crippen LogP contribution in [0.4, 0.5) is 0 Å². The maximum atomic E-state index is 11.9. The lowest BCUT2D eigenvalue weighted by Crippen LogP contribution is -2.51. The van der Waals surface area contributed by atoms with Gasteiger partial charge in [0.1, 0.15) is 11.5 Å². The van der Waals surface area contributed by atoms with Gasteiger partial charge < -0.3 is 15.2 Å². The molecule has 1 amide bonds. The molecule has 1 aliphatic heterocycles. The number of phenols is 1. The smallest absolute Gasteiger partial charge is 0.261 e. The molecule has 2 atom stereocenters. The zero-order chi connectivity index (χ0) is 14.0. The highest BCUT2D eigenvalue weighted by Crippen LogP contribution is 2.32. The van der Waals surface area contributed by atoms with Gasteiger partial charge in [-0.25, -0.2) is 0 Å². The predicted molar refractivity (Wildman–Crippen MR) is 73.3 cm³/mol. The largest absolute Gasteiger partial charge is 0.508 e. The van der Waals surface area contributed by atoms with Crippen LogP contribution < -0.4 is 10.1 Å². The fourth-order valence-electron chi connectivity index (χ4n) is 2.26. The van der Waals surface area contributed by atoms with Gasteiger partial charge in [0, 0.05) is 13.0 Å². The lowest BCUT2D eigenvalue weighted by atomic mass is 9.79. The molecule has 19 heavy (non-hydrogen) atoms. The molecule has 104 valence electrons. The van der Waals surface area contributed by atoms with Gasteiger partial charge in [0.2, 0.25) is 0 Å². The van der Waals surface area contributed by atoms with Crippen LogP contribution in [0.3, 0.4) is 0 Å². The van der Waals surface area contributed by atoms with Crippen molar-refractivity contribution in [2.24, 2.45) is 5.41 Å². The summed E-state index contributed by atoms with van der Waals surface area (Å²) in [7, 11) is 0. The molecule has 1 saturated heterocycles. The molecule has 0 radical (unpaired) electrons. The van der Waals surface area contributed by atoms with E-state index in [2.05, 4.69) is 19.2 Å². The van der Waals surface area contributed by atoms with Crippen molar-refractivity contribution >= 4 is 5.91 Å². The summed E-state index contributed by atoms with van der Waals surface area (Å²) in [5, 5.41) is 12.4. The quantitative estimate of drug-likeness (QED) is 0.880. The summed E-state index contributed by atoms with van der Waals surface area (Å²) in [5.41, 5.74) is 0.830. The molecule has 1 fully saturated rings. The van der Waals surface area contributed by atoms with E-state index in [0.29, 0.717) is 12.3 Å². The lowest BCUT2D eigenvalue weighted by molar-refractivity contribution is -0.133. The number of hydrogen-bond donors (Lipinski definition) is 2. The molecule has 0 spiro atoms. The van der Waals surface area contributed by atoms with Crippen molar-refractivity contribution in [3.63, 3.8) is 0 Å². The Labute approximate surface area is 113 Å². The summed E-state index contributed by atoms with van der Waals surface area (Å²) in [6.07, 6.45) is 1.26. The van der Waals surface area contributed by atoms with E-state index in [9.17, 15) is 9.90 Å². The number of rotatable bonds is 3. The van der Waals surface area contributed by atoms with Gasteiger partial charge in [0.25, 0.3) is 5.91 Å². The standard InChI is InChI=1S/C15H21NO3/c1-4-15(3)8-13(14(18)16-9-15)19-11-5-6-12(17)10(2)7-11/h5-7,13,17H,4,8-9H2,1-3H3,(H,16,18). The highest BCUT2D eigenvalue weighted by Gasteiger charge is 2.36. The summed E-state index contributed by atoms with van der Waals surface area (Å²) in [6, 6.07) is 5.03. The van der Waals surface area contributed by atoms with Crippen LogP contribution in [0.1, 0.15) is 32.3 Å². The Morgan fingerprint density at radius 2 is 2.26 bits per heavy atom. The monoisotopic (exact) mass is 263 g/mol. The summed E-state index contributed by atoms with van der Waals surface area (Å²) in [4.78, 5) is 11.9. The number of amides is 1. The number of carbonyl (C=O) groups excluding carboxylic acids is 1. The first-order valence-electron chi connectivity index (χ1n) is 6.67. The fraction of sp³-hybridized carbons (Fsp3) is 0.533. The average Bonchev–Trinajstić information content (AvgIpc) is 2.39. The van der Waals surface area contributed by atoms with E-state index < -0.39 is 6.10 Å². The van der Waals surface area contributed by atoms with Crippen molar-refractivity contribution < 1.29 is 14.6 Å². The Bertz CT molecular complexity index is 486. The van der Waals surface area contributed by atoms with Crippen LogP contribution in [-0.2, 0) is 4.79 Å². The molecule has 1 aromatic rings. The molecular formula is C15H21NO3. The third-order valence-electron chi connectivity index (χ3n) is 3.96. The zero-order valence-electron chi connectivity index (χ0n) is 11.7. The zero-order valence-corrected chi connectivity index (χ0v) is 11.7. The molecule has 0 saturated carbocycles. The molecule has 2 unspecified atom stereocenters. The molecule has 1 aromatic carbocycles. The molecule has 2 N–H and O–H groups in total. The van der Waals surface area contributed by atoms with Crippen LogP contribution in [0.15, 0.2) is 18.2 Å². The Morgan fingerprint density at radius 1 is 1.53 bits per heavy atom. The maximum absolute atomic E-state index is 11.9. The van der Waals surface area contributed by atoms with Crippen LogP contribution >= 0.6 is 0 Å². The summed E-state index contributed by atoms with van der Waals surface area (Å²) in [6.45, 7) is 6.79. The predicted octanol–water partition coefficient (Wildman–Crippen LogP) is 2.38. The minimum Gasteiger partial charge on any atom is -0.508 e. The lowest BCUT2D eigenvalue weighted by Gasteiger charge is -2.37. The van der Waals surface area contributed by atoms with E-state index in [-0.39, 0.29) is 17.1 Å². The number of piperidine rings is 1. The van der Waals surface area contributed by atoms with Gasteiger partial charge in [-0.3, -0.25) is 4.79 Å². The van der Waals surface area contributed by atoms with Gasteiger partial charge in [0.15, 0.2) is 6.10 Å². The average molecular weight is 263 g/mol. The molecule has 2 rings (SSSR count). The number of benzene rings is 1. The van der Waals surface area contributed by atoms with E-state index in [1.165, 1.54) is 0 Å². The highest BCUT2D eigenvalue weighted by atomic mass is 16.5. The van der Waals surface area contributed by atoms with Gasteiger partial charge >= 0.3 is 0 Å². The molecule has 1 heterocycles. The minimum absolute atomic E-state index is 0.0587. The first kappa shape index (κ1) is 13.7. The maximum Gasteiger partial charge on any atom is 0.261 e. The Balaban J connectivity index is 2.12. The van der Waals surface area contributed by atoms with Gasteiger partial charge in [-0.15, -0.1) is 0 Å². The topological polar surface area (TPSA) is 58.6 Å². The summed E-state index contributed by atoms with van der Waals surface area (Å²) in [5.74, 6) is 0.797. The summed E-state index contributed by atoms with van der Waals surface area (Å²) >= 11 is 0. The minimum atomic E-state index is -0.456. The number of ether oxygens (including phenoxy) is 1. The van der Waals surface area contributed by atoms with Gasteiger partial charge in [0.05, 0.1) is 0 Å². The molecule has 0 aliphatic carbocycles. The van der Waals surface area contributed by atoms with Gasteiger partial charge in [-0.1, -0.05) is 13.8 Å². The third kappa shape index (κ3) is 3.00. The number of hydrogen-bond acceptors (Lipinski definition) is 3. The number of aryl methyl sites for hydroxylation is 1. The molecule has 4 heteroatoms. The fourth-order valence-corrected chi connectivity index (χ4v) is 2.26. The van der Waals surface area contributed by atoms with Crippen molar-refractivity contribution in [3.05, 3.63) is 23.8 Å². The summed E-state index contributed by atoms with van der Waals surface area (Å²) < 4.78 is 5.78. The first-order chi connectivity index (χ1) is 8.93. The number of carbonyl (C=O) groups is 1. The Hall–Kier alpha value is -1.71. The van der Waals surface area contributed by atoms with Crippen LogP contribution in [0, 0.1) is 12.3 Å². The van der Waals surface area contributed by atoms with E-state index in [4.69, 9.17) is 4.74 Å². The number of phenolic OH excluding ortho intramolecular Hbond substituents is 1. The molecule has 0 aromatic heterocycles. The van der Waals surface area contributed by atoms with E-state index in [1.807, 2.05) is 0 Å². The van der Waals surface area contributed by atoms with E-state index >= 15 is 0 Å². The molecule has 0 bridgehead atoms. The molecular weight excluding hydrogens is 242 g/mol. The highest BCUT2D eigenvalue weighted by molar-refractivity contribution is 5.82. The Morgan fingerprint density at radius 3 is 2.89 bits per heavy atom. The molecule has 1 aliphatic rings. The van der Waals surface area contributed by atoms with Crippen LogP contribution in [-0.4, -0.2) is 23.7 Å². The first-order valence-corrected chi connectivity index (χ1v) is 6.67. The van der Waals surface area contributed by atoms with Crippen molar-refractivity contribution in [2.75, 3.05) is 6.54 Å². The van der Waals surface area contributed by atoms with Crippen LogP contribution in [0.25, 0.3) is 0 Å². The van der Waals surface area contributed by atoms with Crippen LogP contribution in [0.2, 0.25) is 0 Å². The number of nitrogens with one attached hydrogen (secondary N) is 1. The number of aromatic hydroxyl groups is 1. The second kappa shape index (κ2) is 5.11. The van der Waals surface area contributed by atoms with Gasteiger partial charge in [-0.05, 0) is 42.5 Å². The van der Waals surface area contributed by atoms with Crippen molar-refractivity contribution in [3.8, 4) is 11.5 Å². The van der Waals surface area contributed by atoms with E-state index in [0.717, 1.165) is 18.4 Å². The van der Waals surface area contributed by atoms with Gasteiger partial charge in [-0.2, -0.15) is 0 Å². The third-order valence-corrected chi connectivity index (χ3v) is 3.96. The SMILES string of the molecule is CCC1(C)CNC(=O)C(Oc2ccc(O)c(C)c2)C1. The second-order valence-electron chi connectivity index (χ2n) is 5.64. The second-order valence-corrected chi connectivity index (χ2v) is 5.64. The van der Waals surface area contributed by atoms with Crippen molar-refractivity contribution in [2.45, 2.75) is 39.7 Å².